The molecule has 0 bridgehead atoms. The zero-order chi connectivity index (χ0) is 21.3. The number of benzene rings is 2. The fraction of sp³-hybridized carbons (Fsp3) is 0.333. The molecule has 156 valence electrons. The molecular weight excluding hydrogens is 378 g/mol. The molecule has 0 saturated heterocycles. The van der Waals surface area contributed by atoms with Gasteiger partial charge in [0.2, 0.25) is 5.95 Å². The number of anilines is 1. The number of aromatic nitrogens is 2. The summed E-state index contributed by atoms with van der Waals surface area (Å²) in [5.41, 5.74) is 4.14. The van der Waals surface area contributed by atoms with Crippen molar-refractivity contribution in [3.8, 4) is 5.75 Å². The number of nitrogens with one attached hydrogen (secondary N) is 1. The molecule has 6 heteroatoms. The van der Waals surface area contributed by atoms with Crippen molar-refractivity contribution >= 4 is 23.0 Å². The predicted octanol–water partition coefficient (Wildman–Crippen LogP) is 5.07. The SMILES string of the molecule is CCCOc1ccc([C@@H]2C(C(=O)OC(C)C)=C(C)Nc3nc4ccccc4n32)cc1. The van der Waals surface area contributed by atoms with E-state index in [0.29, 0.717) is 18.1 Å². The van der Waals surface area contributed by atoms with Crippen LogP contribution in [-0.4, -0.2) is 28.2 Å². The number of hydrogen-bond acceptors (Lipinski definition) is 5. The van der Waals surface area contributed by atoms with E-state index in [-0.39, 0.29) is 18.1 Å². The normalized spacial score (nSPS) is 15.8. The van der Waals surface area contributed by atoms with Crippen molar-refractivity contribution in [2.45, 2.75) is 46.3 Å². The van der Waals surface area contributed by atoms with E-state index < -0.39 is 0 Å². The highest BCUT2D eigenvalue weighted by Crippen LogP contribution is 2.40. The number of imidazole rings is 1. The van der Waals surface area contributed by atoms with Crippen molar-refractivity contribution in [2.24, 2.45) is 0 Å². The second kappa shape index (κ2) is 8.22. The van der Waals surface area contributed by atoms with E-state index in [2.05, 4.69) is 16.8 Å². The van der Waals surface area contributed by atoms with E-state index in [1.165, 1.54) is 0 Å². The zero-order valence-corrected chi connectivity index (χ0v) is 17.8. The van der Waals surface area contributed by atoms with Crippen molar-refractivity contribution in [1.29, 1.82) is 0 Å². The summed E-state index contributed by atoms with van der Waals surface area (Å²) in [6.07, 6.45) is 0.747. The maximum absolute atomic E-state index is 13.1. The van der Waals surface area contributed by atoms with Crippen LogP contribution in [0.25, 0.3) is 11.0 Å². The first-order valence-electron chi connectivity index (χ1n) is 10.4. The van der Waals surface area contributed by atoms with Gasteiger partial charge in [-0.15, -0.1) is 0 Å². The molecule has 1 N–H and O–H groups in total. The molecule has 3 aromatic rings. The smallest absolute Gasteiger partial charge is 0.338 e. The zero-order valence-electron chi connectivity index (χ0n) is 17.8. The molecule has 0 fully saturated rings. The van der Waals surface area contributed by atoms with Crippen molar-refractivity contribution < 1.29 is 14.3 Å². The Balaban J connectivity index is 1.85. The molecule has 2 aromatic carbocycles. The van der Waals surface area contributed by atoms with Gasteiger partial charge in [0.1, 0.15) is 5.75 Å². The maximum Gasteiger partial charge on any atom is 0.338 e. The number of fused-ring (bicyclic) bond motifs is 3. The van der Waals surface area contributed by atoms with Gasteiger partial charge in [0.05, 0.1) is 35.4 Å². The van der Waals surface area contributed by atoms with Crippen LogP contribution in [0.4, 0.5) is 5.95 Å². The Bertz CT molecular complexity index is 1100. The average molecular weight is 405 g/mol. The van der Waals surface area contributed by atoms with Gasteiger partial charge in [0.15, 0.2) is 0 Å². The second-order valence-electron chi connectivity index (χ2n) is 7.73. The lowest BCUT2D eigenvalue weighted by molar-refractivity contribution is -0.143. The number of hydrogen-bond donors (Lipinski definition) is 1. The highest BCUT2D eigenvalue weighted by atomic mass is 16.5. The van der Waals surface area contributed by atoms with E-state index in [1.807, 2.05) is 69.3 Å². The minimum absolute atomic E-state index is 0.204. The minimum Gasteiger partial charge on any atom is -0.494 e. The molecule has 1 aliphatic rings. The van der Waals surface area contributed by atoms with E-state index in [1.54, 1.807) is 0 Å². The van der Waals surface area contributed by atoms with Gasteiger partial charge in [0.25, 0.3) is 0 Å². The molecule has 2 heterocycles. The minimum atomic E-state index is -0.347. The molecule has 1 aromatic heterocycles. The third-order valence-electron chi connectivity index (χ3n) is 5.06. The number of carbonyl (C=O) groups excluding carboxylic acids is 1. The standard InChI is InChI=1S/C24H27N3O3/c1-5-14-29-18-12-10-17(11-13-18)22-21(23(28)30-15(2)3)16(4)25-24-26-19-8-6-7-9-20(19)27(22)24/h6-13,15,22H,5,14H2,1-4H3,(H,25,26)/t22-/m1/s1. The van der Waals surface area contributed by atoms with E-state index in [9.17, 15) is 4.79 Å². The molecule has 0 saturated carbocycles. The third-order valence-corrected chi connectivity index (χ3v) is 5.06. The Kier molecular flexibility index (Phi) is 5.48. The number of nitrogens with zero attached hydrogens (tertiary/aromatic N) is 2. The highest BCUT2D eigenvalue weighted by molar-refractivity contribution is 5.94. The van der Waals surface area contributed by atoms with E-state index >= 15 is 0 Å². The summed E-state index contributed by atoms with van der Waals surface area (Å²) in [4.78, 5) is 17.8. The number of carbonyl (C=O) groups is 1. The fourth-order valence-electron chi connectivity index (χ4n) is 3.79. The number of rotatable bonds is 6. The van der Waals surface area contributed by atoms with Gasteiger partial charge in [-0.1, -0.05) is 31.2 Å². The monoisotopic (exact) mass is 405 g/mol. The Morgan fingerprint density at radius 1 is 1.17 bits per heavy atom. The lowest BCUT2D eigenvalue weighted by atomic mass is 9.95. The molecule has 30 heavy (non-hydrogen) atoms. The van der Waals surface area contributed by atoms with Crippen LogP contribution in [0.3, 0.4) is 0 Å². The molecule has 0 spiro atoms. The lowest BCUT2D eigenvalue weighted by Gasteiger charge is -2.30. The van der Waals surface area contributed by atoms with Crippen molar-refractivity contribution in [1.82, 2.24) is 9.55 Å². The summed E-state index contributed by atoms with van der Waals surface area (Å²) in [6.45, 7) is 8.36. The van der Waals surface area contributed by atoms with Crippen LogP contribution in [-0.2, 0) is 9.53 Å². The Morgan fingerprint density at radius 3 is 2.60 bits per heavy atom. The van der Waals surface area contributed by atoms with Crippen LogP contribution in [0.15, 0.2) is 59.8 Å². The second-order valence-corrected chi connectivity index (χ2v) is 7.73. The molecular formula is C24H27N3O3. The Labute approximate surface area is 176 Å². The van der Waals surface area contributed by atoms with Crippen LogP contribution >= 0.6 is 0 Å². The quantitative estimate of drug-likeness (QED) is 0.580. The van der Waals surface area contributed by atoms with Crippen LogP contribution in [0.5, 0.6) is 5.75 Å². The van der Waals surface area contributed by atoms with Gasteiger partial charge < -0.3 is 14.8 Å². The summed E-state index contributed by atoms with van der Waals surface area (Å²) < 4.78 is 13.4. The molecule has 1 aliphatic heterocycles. The number of esters is 1. The van der Waals surface area contributed by atoms with Gasteiger partial charge in [-0.05, 0) is 57.0 Å². The lowest BCUT2D eigenvalue weighted by Crippen LogP contribution is -2.29. The Morgan fingerprint density at radius 2 is 1.90 bits per heavy atom. The van der Waals surface area contributed by atoms with Gasteiger partial charge in [-0.2, -0.15) is 0 Å². The molecule has 6 nitrogen and oxygen atoms in total. The van der Waals surface area contributed by atoms with Gasteiger partial charge in [0, 0.05) is 5.70 Å². The van der Waals surface area contributed by atoms with Gasteiger partial charge >= 0.3 is 5.97 Å². The summed E-state index contributed by atoms with van der Waals surface area (Å²) >= 11 is 0. The van der Waals surface area contributed by atoms with Crippen molar-refractivity contribution in [2.75, 3.05) is 11.9 Å². The van der Waals surface area contributed by atoms with Crippen LogP contribution < -0.4 is 10.1 Å². The first-order chi connectivity index (χ1) is 14.5. The summed E-state index contributed by atoms with van der Waals surface area (Å²) in [5.74, 6) is 1.21. The van der Waals surface area contributed by atoms with E-state index in [4.69, 9.17) is 14.5 Å². The molecule has 1 atom stereocenters. The third kappa shape index (κ3) is 3.65. The highest BCUT2D eigenvalue weighted by Gasteiger charge is 2.35. The number of ether oxygens (including phenoxy) is 2. The van der Waals surface area contributed by atoms with Crippen LogP contribution in [0.1, 0.15) is 45.7 Å². The number of allylic oxidation sites excluding steroid dienone is 1. The predicted molar refractivity (Wildman–Crippen MR) is 118 cm³/mol. The van der Waals surface area contributed by atoms with Crippen LogP contribution in [0.2, 0.25) is 0 Å². The largest absolute Gasteiger partial charge is 0.494 e. The van der Waals surface area contributed by atoms with Crippen molar-refractivity contribution in [3.05, 3.63) is 65.4 Å². The van der Waals surface area contributed by atoms with Crippen LogP contribution in [0, 0.1) is 0 Å². The summed E-state index contributed by atoms with van der Waals surface area (Å²) in [6, 6.07) is 15.5. The number of para-hydroxylation sites is 2. The Hall–Kier alpha value is -3.28. The van der Waals surface area contributed by atoms with Crippen molar-refractivity contribution in [3.63, 3.8) is 0 Å². The van der Waals surface area contributed by atoms with E-state index in [0.717, 1.165) is 34.5 Å². The summed E-state index contributed by atoms with van der Waals surface area (Å²) in [7, 11) is 0. The van der Waals surface area contributed by atoms with Gasteiger partial charge in [-0.25, -0.2) is 9.78 Å². The molecule has 0 unspecified atom stereocenters. The molecule has 0 radical (unpaired) electrons. The first-order valence-corrected chi connectivity index (χ1v) is 10.4. The van der Waals surface area contributed by atoms with Gasteiger partial charge in [-0.3, -0.25) is 4.57 Å². The summed E-state index contributed by atoms with van der Waals surface area (Å²) in [5, 5.41) is 3.30. The maximum atomic E-state index is 13.1. The molecule has 0 aliphatic carbocycles. The molecule has 4 rings (SSSR count). The molecule has 0 amide bonds. The fourth-order valence-corrected chi connectivity index (χ4v) is 3.79. The first kappa shape index (κ1) is 20.0. The average Bonchev–Trinajstić information content (AvgIpc) is 3.09. The topological polar surface area (TPSA) is 65.4 Å².